The standard InChI is InChI=1S/C66H79Cl2N11O12/c1-8-35(5)57(64(88)77-55(66(90)91)29-41-33-71-49-21-15-12-18-45(41)49)79-65(89)58(36(6)9-2)78-63(87)54(30-56(81)82)76-59(83)50(24-34(3)4)73-61(85)52(27-39-31-69-47-19-13-10-16-43(39)47)75-62(86)53(28-40-32-70-48-20-14-11-17-44(40)48)74-60(84)51(72-37(7)80)26-38-25-42(67)22-23-46(38)68/h10-23,25,31-36,50-55,57-58,69-71H,8-9,24,26-30H2,1-7H3,(H,72,80)(H,73,85)(H,74,84)(H,75,86)(H,76,83)(H,77,88)(H,78,87)(H,79,89)(H,81,82)(H,90,91)/t35-,36-,50-,51-,52+,53+,54-,55-,57-,58-/m0/s1. The number of hydrogen-bond acceptors (Lipinski definition) is 10. The van der Waals surface area contributed by atoms with Crippen molar-refractivity contribution in [2.45, 2.75) is 148 Å². The maximum absolute atomic E-state index is 15.1. The summed E-state index contributed by atoms with van der Waals surface area (Å²) in [6, 6.07) is 15.0. The van der Waals surface area contributed by atoms with E-state index in [4.69, 9.17) is 23.2 Å². The summed E-state index contributed by atoms with van der Waals surface area (Å²) in [5, 5.41) is 44.7. The van der Waals surface area contributed by atoms with E-state index >= 15 is 9.59 Å². The lowest BCUT2D eigenvalue weighted by molar-refractivity contribution is -0.142. The van der Waals surface area contributed by atoms with Crippen LogP contribution < -0.4 is 42.5 Å². The third kappa shape index (κ3) is 18.7. The third-order valence-electron chi connectivity index (χ3n) is 16.2. The van der Waals surface area contributed by atoms with Crippen LogP contribution in [0.3, 0.4) is 0 Å². The fraction of sp³-hybridized carbons (Fsp3) is 0.394. The van der Waals surface area contributed by atoms with Crippen molar-refractivity contribution in [1.29, 1.82) is 0 Å². The minimum Gasteiger partial charge on any atom is -0.481 e. The molecule has 0 aliphatic carbocycles. The number of nitrogens with one attached hydrogen (secondary N) is 11. The van der Waals surface area contributed by atoms with Gasteiger partial charge >= 0.3 is 11.9 Å². The quantitative estimate of drug-likeness (QED) is 0.0221. The van der Waals surface area contributed by atoms with Crippen LogP contribution >= 0.6 is 23.2 Å². The molecule has 0 saturated heterocycles. The lowest BCUT2D eigenvalue weighted by atomic mass is 9.94. The minimum atomic E-state index is -1.84. The predicted molar refractivity (Wildman–Crippen MR) is 346 cm³/mol. The molecule has 13 N–H and O–H groups in total. The van der Waals surface area contributed by atoms with E-state index in [2.05, 4.69) is 57.5 Å². The molecule has 23 nitrogen and oxygen atoms in total. The number of carboxylic acid groups (broad SMARTS) is 2. The van der Waals surface area contributed by atoms with Gasteiger partial charge in [-0.1, -0.05) is 132 Å². The smallest absolute Gasteiger partial charge is 0.326 e. The minimum absolute atomic E-state index is 0.0609. The molecule has 0 bridgehead atoms. The largest absolute Gasteiger partial charge is 0.481 e. The molecule has 0 saturated carbocycles. The van der Waals surface area contributed by atoms with Crippen molar-refractivity contribution in [3.8, 4) is 0 Å². The topological polar surface area (TPSA) is 355 Å². The van der Waals surface area contributed by atoms with Crippen molar-refractivity contribution in [2.75, 3.05) is 0 Å². The first-order chi connectivity index (χ1) is 43.3. The Morgan fingerprint density at radius 2 is 0.802 bits per heavy atom. The van der Waals surface area contributed by atoms with E-state index in [0.717, 1.165) is 21.8 Å². The molecule has 4 aromatic carbocycles. The molecular weight excluding hydrogens is 1210 g/mol. The molecule has 3 heterocycles. The van der Waals surface area contributed by atoms with Crippen LogP contribution in [-0.2, 0) is 73.6 Å². The van der Waals surface area contributed by atoms with Crippen molar-refractivity contribution in [2.24, 2.45) is 17.8 Å². The van der Waals surface area contributed by atoms with Crippen LogP contribution in [0.25, 0.3) is 32.7 Å². The number of para-hydroxylation sites is 3. The molecule has 3 aromatic heterocycles. The van der Waals surface area contributed by atoms with Gasteiger partial charge in [-0.05, 0) is 82.8 Å². The zero-order valence-corrected chi connectivity index (χ0v) is 53.1. The van der Waals surface area contributed by atoms with E-state index in [1.807, 2.05) is 60.7 Å². The molecule has 0 unspecified atom stereocenters. The van der Waals surface area contributed by atoms with E-state index < -0.39 is 126 Å². The van der Waals surface area contributed by atoms with Crippen LogP contribution in [0.1, 0.15) is 96.4 Å². The predicted octanol–water partition coefficient (Wildman–Crippen LogP) is 6.30. The van der Waals surface area contributed by atoms with E-state index in [-0.39, 0.29) is 43.0 Å². The van der Waals surface area contributed by atoms with Gasteiger partial charge in [0.05, 0.1) is 6.42 Å². The monoisotopic (exact) mass is 1290 g/mol. The number of carboxylic acids is 2. The number of hydrogen-bond donors (Lipinski definition) is 13. The number of carbonyl (C=O) groups is 10. The molecule has 91 heavy (non-hydrogen) atoms. The first-order valence-corrected chi connectivity index (χ1v) is 31.0. The Kier molecular flexibility index (Phi) is 24.3. The van der Waals surface area contributed by atoms with Gasteiger partial charge < -0.3 is 67.7 Å². The highest BCUT2D eigenvalue weighted by atomic mass is 35.5. The highest BCUT2D eigenvalue weighted by molar-refractivity contribution is 6.33. The molecule has 7 rings (SSSR count). The highest BCUT2D eigenvalue weighted by Gasteiger charge is 2.38. The van der Waals surface area contributed by atoms with Crippen LogP contribution in [0.2, 0.25) is 10.0 Å². The van der Waals surface area contributed by atoms with Crippen LogP contribution in [0.15, 0.2) is 110 Å². The molecule has 0 aliphatic heterocycles. The maximum atomic E-state index is 15.1. The van der Waals surface area contributed by atoms with Gasteiger partial charge in [0.15, 0.2) is 0 Å². The van der Waals surface area contributed by atoms with Crippen molar-refractivity contribution < 1.29 is 58.2 Å². The first-order valence-electron chi connectivity index (χ1n) is 30.3. The summed E-state index contributed by atoms with van der Waals surface area (Å²) in [5.74, 6) is -11.0. The van der Waals surface area contributed by atoms with Crippen LogP contribution in [0, 0.1) is 17.8 Å². The zero-order chi connectivity index (χ0) is 66.2. The SMILES string of the molecule is CC[C@H](C)[C@H](NC(=O)[C@H](CC(=O)O)NC(=O)[C@H](CC(C)C)NC(=O)[C@@H](Cc1c[nH]c2ccccc12)NC(=O)[C@@H](Cc1c[nH]c2ccccc12)NC(=O)[C@H](Cc1cc(Cl)ccc1Cl)NC(C)=O)C(=O)N[C@H](C(=O)N[C@@H](Cc1c[nH]c2ccccc12)C(=O)O)[C@@H](C)CC. The summed E-state index contributed by atoms with van der Waals surface area (Å²) < 4.78 is 0. The Bertz CT molecular complexity index is 3790. The van der Waals surface area contributed by atoms with Crippen molar-refractivity contribution >= 4 is 115 Å². The van der Waals surface area contributed by atoms with Gasteiger partial charge in [-0.15, -0.1) is 0 Å². The summed E-state index contributed by atoms with van der Waals surface area (Å²) >= 11 is 12.8. The number of aliphatic carboxylic acids is 2. The Hall–Kier alpha value is -9.22. The Balaban J connectivity index is 1.13. The molecule has 0 radical (unpaired) electrons. The highest BCUT2D eigenvalue weighted by Crippen LogP contribution is 2.25. The molecule has 484 valence electrons. The molecule has 8 amide bonds. The van der Waals surface area contributed by atoms with Gasteiger partial charge in [-0.25, -0.2) is 4.79 Å². The number of rotatable bonds is 32. The van der Waals surface area contributed by atoms with Gasteiger partial charge in [0.2, 0.25) is 47.3 Å². The number of fused-ring (bicyclic) bond motifs is 3. The number of carbonyl (C=O) groups excluding carboxylic acids is 8. The fourth-order valence-corrected chi connectivity index (χ4v) is 11.3. The summed E-state index contributed by atoms with van der Waals surface area (Å²) in [7, 11) is 0. The summed E-state index contributed by atoms with van der Waals surface area (Å²) in [6.45, 7) is 11.6. The number of amides is 8. The van der Waals surface area contributed by atoms with E-state index in [1.165, 1.54) is 6.92 Å². The first kappa shape index (κ1) is 69.3. The van der Waals surface area contributed by atoms with Crippen molar-refractivity contribution in [1.82, 2.24) is 57.5 Å². The molecule has 7 aromatic rings. The zero-order valence-electron chi connectivity index (χ0n) is 51.6. The number of benzene rings is 4. The summed E-state index contributed by atoms with van der Waals surface area (Å²) in [5.41, 5.74) is 4.51. The number of aromatic nitrogens is 3. The molecule has 25 heteroatoms. The maximum Gasteiger partial charge on any atom is 0.326 e. The number of halogens is 2. The second-order valence-corrected chi connectivity index (χ2v) is 24.3. The molecule has 10 atom stereocenters. The average Bonchev–Trinajstić information content (AvgIpc) is 2.12. The van der Waals surface area contributed by atoms with Gasteiger partial charge in [-0.3, -0.25) is 43.2 Å². The van der Waals surface area contributed by atoms with Crippen LogP contribution in [-0.4, -0.2) is 133 Å². The van der Waals surface area contributed by atoms with E-state index in [9.17, 15) is 48.6 Å². The van der Waals surface area contributed by atoms with Crippen LogP contribution in [0.5, 0.6) is 0 Å². The Labute approximate surface area is 536 Å². The van der Waals surface area contributed by atoms with Gasteiger partial charge in [0, 0.05) is 94.0 Å². The summed E-state index contributed by atoms with van der Waals surface area (Å²) in [6.07, 6.45) is 4.17. The van der Waals surface area contributed by atoms with Gasteiger partial charge in [-0.2, -0.15) is 0 Å². The lowest BCUT2D eigenvalue weighted by Gasteiger charge is -2.31. The fourth-order valence-electron chi connectivity index (χ4n) is 10.9. The molecular formula is C66H79Cl2N11O12. The van der Waals surface area contributed by atoms with Crippen molar-refractivity contribution in [3.63, 3.8) is 0 Å². The summed E-state index contributed by atoms with van der Waals surface area (Å²) in [4.78, 5) is 149. The molecule has 0 fully saturated rings. The lowest BCUT2D eigenvalue weighted by Crippen LogP contribution is -2.62. The van der Waals surface area contributed by atoms with E-state index in [0.29, 0.717) is 51.0 Å². The second-order valence-electron chi connectivity index (χ2n) is 23.5. The van der Waals surface area contributed by atoms with Gasteiger partial charge in [0.25, 0.3) is 0 Å². The van der Waals surface area contributed by atoms with Crippen LogP contribution in [0.4, 0.5) is 0 Å². The van der Waals surface area contributed by atoms with Gasteiger partial charge in [0.1, 0.15) is 48.3 Å². The second kappa shape index (κ2) is 32.0. The van der Waals surface area contributed by atoms with E-state index in [1.54, 1.807) is 90.5 Å². The van der Waals surface area contributed by atoms with Crippen molar-refractivity contribution in [3.05, 3.63) is 142 Å². The molecule has 0 spiro atoms. The average molecular weight is 1290 g/mol. The normalized spacial score (nSPS) is 14.7. The Morgan fingerprint density at radius 1 is 0.440 bits per heavy atom. The Morgan fingerprint density at radius 3 is 1.23 bits per heavy atom. The number of H-pyrrole nitrogens is 3. The third-order valence-corrected chi connectivity index (χ3v) is 16.8. The molecule has 0 aliphatic rings. The number of aromatic amines is 3.